The molecule has 0 saturated heterocycles. The van der Waals surface area contributed by atoms with Crippen LogP contribution in [0.5, 0.6) is 5.75 Å². The van der Waals surface area contributed by atoms with E-state index in [1.54, 1.807) is 36.7 Å². The molecule has 6 heteroatoms. The maximum absolute atomic E-state index is 12.4. The van der Waals surface area contributed by atoms with Crippen LogP contribution in [0.1, 0.15) is 15.9 Å². The first-order chi connectivity index (χ1) is 12.5. The van der Waals surface area contributed by atoms with E-state index in [2.05, 4.69) is 15.3 Å². The van der Waals surface area contributed by atoms with Crippen LogP contribution in [0.25, 0.3) is 11.4 Å². The van der Waals surface area contributed by atoms with Crippen molar-refractivity contribution < 1.29 is 9.90 Å². The van der Waals surface area contributed by atoms with Gasteiger partial charge in [-0.3, -0.25) is 4.79 Å². The smallest absolute Gasteiger partial charge is 0.255 e. The Hall–Kier alpha value is -3.25. The van der Waals surface area contributed by atoms with Crippen LogP contribution in [0.3, 0.4) is 0 Å². The van der Waals surface area contributed by atoms with Gasteiger partial charge in [-0.1, -0.05) is 24.3 Å². The van der Waals surface area contributed by atoms with Gasteiger partial charge in [-0.05, 0) is 43.9 Å². The number of aromatic hydroxyl groups is 1. The minimum atomic E-state index is -0.209. The van der Waals surface area contributed by atoms with Gasteiger partial charge in [0.25, 0.3) is 5.91 Å². The molecule has 132 valence electrons. The summed E-state index contributed by atoms with van der Waals surface area (Å²) in [4.78, 5) is 23.0. The number of carbonyl (C=O) groups is 1. The fraction of sp³-hybridized carbons (Fsp3) is 0.150. The van der Waals surface area contributed by atoms with Gasteiger partial charge in [-0.25, -0.2) is 9.97 Å². The maximum atomic E-state index is 12.4. The lowest BCUT2D eigenvalue weighted by Gasteiger charge is -2.11. The Morgan fingerprint density at radius 2 is 1.81 bits per heavy atom. The number of phenols is 1. The van der Waals surface area contributed by atoms with Crippen LogP contribution in [-0.2, 0) is 6.54 Å². The summed E-state index contributed by atoms with van der Waals surface area (Å²) in [5.74, 6) is 0.423. The van der Waals surface area contributed by atoms with Gasteiger partial charge in [0.15, 0.2) is 5.82 Å². The average Bonchev–Trinajstić information content (AvgIpc) is 2.62. The quantitative estimate of drug-likeness (QED) is 0.740. The monoisotopic (exact) mass is 348 g/mol. The lowest BCUT2D eigenvalue weighted by atomic mass is 10.1. The molecule has 0 bridgehead atoms. The molecule has 0 spiro atoms. The van der Waals surface area contributed by atoms with Gasteiger partial charge in [0.05, 0.1) is 18.1 Å². The number of anilines is 1. The van der Waals surface area contributed by atoms with Gasteiger partial charge in [0.2, 0.25) is 0 Å². The Labute approximate surface area is 152 Å². The molecule has 26 heavy (non-hydrogen) atoms. The fourth-order valence-electron chi connectivity index (χ4n) is 2.57. The first-order valence-corrected chi connectivity index (χ1v) is 8.18. The van der Waals surface area contributed by atoms with Crippen LogP contribution in [-0.4, -0.2) is 40.0 Å². The molecule has 0 saturated carbocycles. The van der Waals surface area contributed by atoms with Crippen LogP contribution in [0, 0.1) is 0 Å². The number of nitrogens with zero attached hydrogens (tertiary/aromatic N) is 3. The predicted octanol–water partition coefficient (Wildman–Crippen LogP) is 3.16. The summed E-state index contributed by atoms with van der Waals surface area (Å²) in [5.41, 5.74) is 2.87. The molecule has 6 nitrogen and oxygen atoms in total. The minimum absolute atomic E-state index is 0.154. The van der Waals surface area contributed by atoms with Crippen LogP contribution in [0.2, 0.25) is 0 Å². The second-order valence-electron chi connectivity index (χ2n) is 6.24. The van der Waals surface area contributed by atoms with E-state index in [1.165, 1.54) is 0 Å². The van der Waals surface area contributed by atoms with Crippen molar-refractivity contribution in [3.8, 4) is 17.1 Å². The minimum Gasteiger partial charge on any atom is -0.508 e. The van der Waals surface area contributed by atoms with Crippen molar-refractivity contribution in [2.24, 2.45) is 0 Å². The number of benzene rings is 2. The summed E-state index contributed by atoms with van der Waals surface area (Å²) in [7, 11) is 3.97. The third-order valence-corrected chi connectivity index (χ3v) is 3.70. The first kappa shape index (κ1) is 17.6. The SMILES string of the molecule is CN(C)Cc1cccc(C(=O)Nc2cnc(-c3cccc(O)c3)nc2)c1. The van der Waals surface area contributed by atoms with Gasteiger partial charge in [-0.2, -0.15) is 0 Å². The zero-order valence-corrected chi connectivity index (χ0v) is 14.7. The zero-order valence-electron chi connectivity index (χ0n) is 14.7. The van der Waals surface area contributed by atoms with E-state index in [4.69, 9.17) is 0 Å². The molecule has 0 aliphatic carbocycles. The molecule has 0 aliphatic rings. The molecular weight excluding hydrogens is 328 g/mol. The summed E-state index contributed by atoms with van der Waals surface area (Å²) in [6, 6.07) is 14.2. The summed E-state index contributed by atoms with van der Waals surface area (Å²) in [6.45, 7) is 0.767. The highest BCUT2D eigenvalue weighted by Crippen LogP contribution is 2.20. The van der Waals surface area contributed by atoms with Crippen molar-refractivity contribution in [3.05, 3.63) is 72.1 Å². The number of hydrogen-bond acceptors (Lipinski definition) is 5. The molecule has 2 aromatic carbocycles. The molecular formula is C20H20N4O2. The summed E-state index contributed by atoms with van der Waals surface area (Å²) in [5, 5.41) is 12.3. The van der Waals surface area contributed by atoms with E-state index in [-0.39, 0.29) is 11.7 Å². The molecule has 0 unspecified atom stereocenters. The average molecular weight is 348 g/mol. The Bertz CT molecular complexity index is 908. The topological polar surface area (TPSA) is 78.4 Å². The van der Waals surface area contributed by atoms with Crippen molar-refractivity contribution in [3.63, 3.8) is 0 Å². The Balaban J connectivity index is 1.72. The van der Waals surface area contributed by atoms with E-state index >= 15 is 0 Å². The first-order valence-electron chi connectivity index (χ1n) is 8.18. The second-order valence-corrected chi connectivity index (χ2v) is 6.24. The Kier molecular flexibility index (Phi) is 5.24. The number of hydrogen-bond donors (Lipinski definition) is 2. The van der Waals surface area contributed by atoms with Crippen molar-refractivity contribution in [2.75, 3.05) is 19.4 Å². The lowest BCUT2D eigenvalue weighted by molar-refractivity contribution is 0.102. The number of aromatic nitrogens is 2. The highest BCUT2D eigenvalue weighted by molar-refractivity contribution is 6.04. The van der Waals surface area contributed by atoms with E-state index in [0.717, 1.165) is 12.1 Å². The molecule has 0 atom stereocenters. The van der Waals surface area contributed by atoms with Crippen molar-refractivity contribution in [1.29, 1.82) is 0 Å². The second kappa shape index (κ2) is 7.76. The number of phenolic OH excluding ortho intramolecular Hbond substituents is 1. The van der Waals surface area contributed by atoms with E-state index in [1.807, 2.05) is 43.3 Å². The van der Waals surface area contributed by atoms with Gasteiger partial charge in [-0.15, -0.1) is 0 Å². The van der Waals surface area contributed by atoms with Crippen molar-refractivity contribution in [2.45, 2.75) is 6.54 Å². The molecule has 1 amide bonds. The highest BCUT2D eigenvalue weighted by atomic mass is 16.3. The van der Waals surface area contributed by atoms with Crippen LogP contribution < -0.4 is 5.32 Å². The molecule has 1 aromatic heterocycles. The molecule has 2 N–H and O–H groups in total. The third kappa shape index (κ3) is 4.43. The van der Waals surface area contributed by atoms with Gasteiger partial charge >= 0.3 is 0 Å². The summed E-state index contributed by atoms with van der Waals surface area (Å²) in [6.07, 6.45) is 3.10. The standard InChI is InChI=1S/C20H20N4O2/c1-24(2)13-14-5-3-7-16(9-14)20(26)23-17-11-21-19(22-12-17)15-6-4-8-18(25)10-15/h3-12,25H,13H2,1-2H3,(H,23,26). The Morgan fingerprint density at radius 3 is 2.50 bits per heavy atom. The fourth-order valence-corrected chi connectivity index (χ4v) is 2.57. The Morgan fingerprint density at radius 1 is 1.08 bits per heavy atom. The van der Waals surface area contributed by atoms with Crippen molar-refractivity contribution >= 4 is 11.6 Å². The maximum Gasteiger partial charge on any atom is 0.255 e. The predicted molar refractivity (Wildman–Crippen MR) is 101 cm³/mol. The number of nitrogens with one attached hydrogen (secondary N) is 1. The third-order valence-electron chi connectivity index (χ3n) is 3.70. The molecule has 0 aliphatic heterocycles. The normalized spacial score (nSPS) is 10.7. The molecule has 0 fully saturated rings. The van der Waals surface area contributed by atoms with Gasteiger partial charge < -0.3 is 15.3 Å². The summed E-state index contributed by atoms with van der Waals surface area (Å²) >= 11 is 0. The summed E-state index contributed by atoms with van der Waals surface area (Å²) < 4.78 is 0. The number of carbonyl (C=O) groups excluding carboxylic acids is 1. The van der Waals surface area contributed by atoms with Crippen molar-refractivity contribution in [1.82, 2.24) is 14.9 Å². The molecule has 3 rings (SSSR count). The highest BCUT2D eigenvalue weighted by Gasteiger charge is 2.09. The largest absolute Gasteiger partial charge is 0.508 e. The van der Waals surface area contributed by atoms with Crippen LogP contribution in [0.4, 0.5) is 5.69 Å². The van der Waals surface area contributed by atoms with Crippen LogP contribution in [0.15, 0.2) is 60.9 Å². The molecule has 3 aromatic rings. The van der Waals surface area contributed by atoms with E-state index in [0.29, 0.717) is 22.6 Å². The lowest BCUT2D eigenvalue weighted by Crippen LogP contribution is -2.14. The van der Waals surface area contributed by atoms with Gasteiger partial charge in [0.1, 0.15) is 5.75 Å². The number of amides is 1. The molecule has 0 radical (unpaired) electrons. The zero-order chi connectivity index (χ0) is 18.5. The molecule has 1 heterocycles. The number of rotatable bonds is 5. The van der Waals surface area contributed by atoms with E-state index < -0.39 is 0 Å². The van der Waals surface area contributed by atoms with E-state index in [9.17, 15) is 9.90 Å². The van der Waals surface area contributed by atoms with Crippen LogP contribution >= 0.6 is 0 Å². The van der Waals surface area contributed by atoms with Gasteiger partial charge in [0, 0.05) is 17.7 Å².